The van der Waals surface area contributed by atoms with Gasteiger partial charge >= 0.3 is 0 Å². The molecular weight excluding hydrogens is 399 g/mol. The molecule has 1 heterocycles. The summed E-state index contributed by atoms with van der Waals surface area (Å²) in [5.41, 5.74) is 1.54. The monoisotopic (exact) mass is 422 g/mol. The first-order valence-electron chi connectivity index (χ1n) is 10.5. The Morgan fingerprint density at radius 2 is 1.77 bits per heavy atom. The number of hydrogen-bond donors (Lipinski definition) is 1. The average molecular weight is 422 g/mol. The SMILES string of the molecule is O=C1CCCCC(=O)C(N2Cc3cc(NC(=O)c4ccccc4F)ccc3C2=O)CC1. The standard InChI is InChI=1S/C24H23FN2O4/c25-20-7-3-2-6-19(20)23(30)26-16-9-11-18-15(13-16)14-27(24(18)31)21-12-10-17(28)5-1-4-8-22(21)29/h2-3,6-7,9,11,13,21H,1,4-5,8,10,12,14H2,(H,26,30). The lowest BCUT2D eigenvalue weighted by atomic mass is 10.0. The molecule has 0 spiro atoms. The van der Waals surface area contributed by atoms with Crippen LogP contribution in [0.2, 0.25) is 0 Å². The van der Waals surface area contributed by atoms with Crippen molar-refractivity contribution in [1.82, 2.24) is 4.90 Å². The minimum atomic E-state index is -0.615. The highest BCUT2D eigenvalue weighted by atomic mass is 19.1. The first-order valence-corrected chi connectivity index (χ1v) is 10.5. The molecule has 2 aromatic carbocycles. The van der Waals surface area contributed by atoms with Crippen LogP contribution in [0.25, 0.3) is 0 Å². The topological polar surface area (TPSA) is 83.6 Å². The van der Waals surface area contributed by atoms with E-state index in [1.165, 1.54) is 23.1 Å². The normalized spacial score (nSPS) is 19.5. The Labute approximate surface area is 179 Å². The minimum Gasteiger partial charge on any atom is -0.324 e. The molecule has 1 unspecified atom stereocenters. The Hall–Kier alpha value is -3.35. The Kier molecular flexibility index (Phi) is 5.93. The number of rotatable bonds is 3. The van der Waals surface area contributed by atoms with Crippen molar-refractivity contribution < 1.29 is 23.6 Å². The van der Waals surface area contributed by atoms with Gasteiger partial charge in [0.1, 0.15) is 11.6 Å². The second-order valence-corrected chi connectivity index (χ2v) is 8.01. The van der Waals surface area contributed by atoms with Gasteiger partial charge in [0, 0.05) is 37.1 Å². The van der Waals surface area contributed by atoms with Crippen molar-refractivity contribution >= 4 is 29.1 Å². The molecule has 2 amide bonds. The molecule has 6 nitrogen and oxygen atoms in total. The first-order chi connectivity index (χ1) is 14.9. The van der Waals surface area contributed by atoms with Gasteiger partial charge in [0.25, 0.3) is 11.8 Å². The van der Waals surface area contributed by atoms with Crippen LogP contribution in [-0.2, 0) is 16.1 Å². The second-order valence-electron chi connectivity index (χ2n) is 8.01. The molecule has 1 saturated carbocycles. The lowest BCUT2D eigenvalue weighted by molar-refractivity contribution is -0.124. The summed E-state index contributed by atoms with van der Waals surface area (Å²) >= 11 is 0. The Balaban J connectivity index is 1.52. The molecule has 7 heteroatoms. The predicted octanol–water partition coefficient (Wildman–Crippen LogP) is 3.89. The average Bonchev–Trinajstić information content (AvgIpc) is 3.10. The zero-order valence-electron chi connectivity index (χ0n) is 17.0. The first kappa shape index (κ1) is 20.9. The highest BCUT2D eigenvalue weighted by Crippen LogP contribution is 2.30. The van der Waals surface area contributed by atoms with Crippen LogP contribution in [-0.4, -0.2) is 34.3 Å². The van der Waals surface area contributed by atoms with E-state index >= 15 is 0 Å². The van der Waals surface area contributed by atoms with E-state index in [2.05, 4.69) is 5.32 Å². The van der Waals surface area contributed by atoms with E-state index in [9.17, 15) is 23.6 Å². The summed E-state index contributed by atoms with van der Waals surface area (Å²) in [7, 11) is 0. The van der Waals surface area contributed by atoms with Crippen LogP contribution in [0.5, 0.6) is 0 Å². The molecule has 1 fully saturated rings. The van der Waals surface area contributed by atoms with Crippen molar-refractivity contribution in [3.63, 3.8) is 0 Å². The Morgan fingerprint density at radius 1 is 1.00 bits per heavy atom. The number of ketones is 2. The summed E-state index contributed by atoms with van der Waals surface area (Å²) < 4.78 is 13.9. The lowest BCUT2D eigenvalue weighted by Crippen LogP contribution is -2.41. The van der Waals surface area contributed by atoms with Crippen molar-refractivity contribution in [1.29, 1.82) is 0 Å². The highest BCUT2D eigenvalue weighted by molar-refractivity contribution is 6.06. The van der Waals surface area contributed by atoms with Gasteiger partial charge in [-0.2, -0.15) is 0 Å². The van der Waals surface area contributed by atoms with Crippen LogP contribution in [0.3, 0.4) is 0 Å². The molecule has 4 rings (SSSR count). The van der Waals surface area contributed by atoms with Gasteiger partial charge in [-0.1, -0.05) is 12.1 Å². The third-order valence-electron chi connectivity index (χ3n) is 5.89. The highest BCUT2D eigenvalue weighted by Gasteiger charge is 2.36. The number of nitrogens with one attached hydrogen (secondary N) is 1. The Morgan fingerprint density at radius 3 is 2.58 bits per heavy atom. The number of carbonyl (C=O) groups excluding carboxylic acids is 4. The van der Waals surface area contributed by atoms with Gasteiger partial charge in [-0.15, -0.1) is 0 Å². The summed E-state index contributed by atoms with van der Waals surface area (Å²) in [4.78, 5) is 51.6. The van der Waals surface area contributed by atoms with Crippen LogP contribution in [0.15, 0.2) is 42.5 Å². The van der Waals surface area contributed by atoms with Gasteiger partial charge in [-0.05, 0) is 55.2 Å². The van der Waals surface area contributed by atoms with Gasteiger partial charge in [0.15, 0.2) is 5.78 Å². The number of benzene rings is 2. The molecule has 0 radical (unpaired) electrons. The fourth-order valence-electron chi connectivity index (χ4n) is 4.22. The number of nitrogens with zero attached hydrogens (tertiary/aromatic N) is 1. The maximum Gasteiger partial charge on any atom is 0.258 e. The molecule has 1 aliphatic heterocycles. The van der Waals surface area contributed by atoms with Crippen LogP contribution >= 0.6 is 0 Å². The van der Waals surface area contributed by atoms with E-state index in [1.807, 2.05) is 0 Å². The van der Waals surface area contributed by atoms with E-state index in [1.54, 1.807) is 24.3 Å². The van der Waals surface area contributed by atoms with Gasteiger partial charge in [0.2, 0.25) is 0 Å². The molecule has 31 heavy (non-hydrogen) atoms. The summed E-state index contributed by atoms with van der Waals surface area (Å²) in [6, 6.07) is 9.97. The van der Waals surface area contributed by atoms with E-state index in [0.29, 0.717) is 55.3 Å². The fraction of sp³-hybridized carbons (Fsp3) is 0.333. The molecule has 0 bridgehead atoms. The number of hydrogen-bond acceptors (Lipinski definition) is 4. The number of carbonyl (C=O) groups is 4. The second kappa shape index (κ2) is 8.79. The zero-order valence-corrected chi connectivity index (χ0v) is 17.0. The largest absolute Gasteiger partial charge is 0.324 e. The van der Waals surface area contributed by atoms with Gasteiger partial charge in [0.05, 0.1) is 11.6 Å². The van der Waals surface area contributed by atoms with E-state index < -0.39 is 17.8 Å². The van der Waals surface area contributed by atoms with E-state index in [4.69, 9.17) is 0 Å². The third-order valence-corrected chi connectivity index (χ3v) is 5.89. The number of amides is 2. The molecule has 2 aromatic rings. The maximum atomic E-state index is 13.9. The van der Waals surface area contributed by atoms with Crippen molar-refractivity contribution in [3.8, 4) is 0 Å². The van der Waals surface area contributed by atoms with Crippen LogP contribution in [0, 0.1) is 5.82 Å². The van der Waals surface area contributed by atoms with E-state index in [-0.39, 0.29) is 29.6 Å². The fourth-order valence-corrected chi connectivity index (χ4v) is 4.22. The van der Waals surface area contributed by atoms with Gasteiger partial charge in [-0.3, -0.25) is 19.2 Å². The predicted molar refractivity (Wildman–Crippen MR) is 112 cm³/mol. The number of fused-ring (bicyclic) bond motifs is 1. The third kappa shape index (κ3) is 4.40. The van der Waals surface area contributed by atoms with Crippen molar-refractivity contribution in [2.45, 2.75) is 51.1 Å². The lowest BCUT2D eigenvalue weighted by Gasteiger charge is -2.26. The molecular formula is C24H23FN2O4. The minimum absolute atomic E-state index is 0.0102. The summed E-state index contributed by atoms with van der Waals surface area (Å²) in [5.74, 6) is -1.32. The molecule has 0 aromatic heterocycles. The molecule has 160 valence electrons. The summed E-state index contributed by atoms with van der Waals surface area (Å²) in [5, 5.41) is 2.66. The number of Topliss-reactive ketones (excluding diaryl/α,β-unsaturated/α-hetero) is 2. The number of halogens is 1. The van der Waals surface area contributed by atoms with Crippen LogP contribution in [0.4, 0.5) is 10.1 Å². The quantitative estimate of drug-likeness (QED) is 0.813. The zero-order chi connectivity index (χ0) is 22.0. The van der Waals surface area contributed by atoms with Crippen LogP contribution < -0.4 is 5.32 Å². The molecule has 1 aliphatic carbocycles. The molecule has 0 saturated heterocycles. The van der Waals surface area contributed by atoms with Crippen molar-refractivity contribution in [2.24, 2.45) is 0 Å². The molecule has 1 atom stereocenters. The number of anilines is 1. The summed E-state index contributed by atoms with van der Waals surface area (Å²) in [6.45, 7) is 0.238. The molecule has 1 N–H and O–H groups in total. The summed E-state index contributed by atoms with van der Waals surface area (Å²) in [6.07, 6.45) is 2.84. The van der Waals surface area contributed by atoms with Gasteiger partial charge < -0.3 is 10.2 Å². The van der Waals surface area contributed by atoms with Crippen molar-refractivity contribution in [3.05, 3.63) is 65.0 Å². The Bertz CT molecular complexity index is 1070. The molecule has 2 aliphatic rings. The van der Waals surface area contributed by atoms with Gasteiger partial charge in [-0.25, -0.2) is 4.39 Å². The van der Waals surface area contributed by atoms with Crippen molar-refractivity contribution in [2.75, 3.05) is 5.32 Å². The van der Waals surface area contributed by atoms with Crippen LogP contribution in [0.1, 0.15) is 64.8 Å². The maximum absolute atomic E-state index is 13.9. The smallest absolute Gasteiger partial charge is 0.258 e. The van der Waals surface area contributed by atoms with E-state index in [0.717, 1.165) is 0 Å².